The summed E-state index contributed by atoms with van der Waals surface area (Å²) >= 11 is 5.79. The van der Waals surface area contributed by atoms with Crippen LogP contribution in [0.4, 0.5) is 0 Å². The highest BCUT2D eigenvalue weighted by Crippen LogP contribution is 2.43. The number of unbranched alkanes of at least 4 members (excludes halogenated alkanes) is 1. The number of hydrogen-bond donors (Lipinski definition) is 1. The summed E-state index contributed by atoms with van der Waals surface area (Å²) in [7, 11) is 0. The van der Waals surface area contributed by atoms with Gasteiger partial charge in [0.2, 0.25) is 0 Å². The van der Waals surface area contributed by atoms with Crippen molar-refractivity contribution in [3.63, 3.8) is 0 Å². The fourth-order valence-corrected chi connectivity index (χ4v) is 4.89. The number of nitrogens with zero attached hydrogens (tertiary/aromatic N) is 2. The highest BCUT2D eigenvalue weighted by atomic mass is 32.1. The molecule has 1 fully saturated rings. The van der Waals surface area contributed by atoms with E-state index < -0.39 is 0 Å². The van der Waals surface area contributed by atoms with Crippen LogP contribution >= 0.6 is 12.2 Å². The molecule has 0 spiro atoms. The Morgan fingerprint density at radius 3 is 2.81 bits per heavy atom. The summed E-state index contributed by atoms with van der Waals surface area (Å²) in [6.45, 7) is 7.19. The molecule has 1 aromatic heterocycles. The van der Waals surface area contributed by atoms with Gasteiger partial charge in [-0.05, 0) is 36.2 Å². The maximum atomic E-state index is 13.2. The zero-order valence-corrected chi connectivity index (χ0v) is 16.6. The number of rotatable bonds is 5. The molecule has 26 heavy (non-hydrogen) atoms. The quantitative estimate of drug-likeness (QED) is 0.794. The van der Waals surface area contributed by atoms with Crippen LogP contribution < -0.4 is 0 Å². The van der Waals surface area contributed by atoms with Crippen LogP contribution in [0.2, 0.25) is 0 Å². The number of H-pyrrole nitrogens is 1. The van der Waals surface area contributed by atoms with Crippen LogP contribution in [0.1, 0.15) is 57.3 Å². The van der Waals surface area contributed by atoms with Crippen LogP contribution in [-0.2, 0) is 11.2 Å². The van der Waals surface area contributed by atoms with Crippen LogP contribution in [0.3, 0.4) is 0 Å². The van der Waals surface area contributed by atoms with Crippen molar-refractivity contribution in [1.29, 1.82) is 0 Å². The Hall–Kier alpha value is -1.88. The topological polar surface area (TPSA) is 39.3 Å². The minimum atomic E-state index is -0.144. The Morgan fingerprint density at radius 2 is 2.08 bits per heavy atom. The summed E-state index contributed by atoms with van der Waals surface area (Å²) in [5.41, 5.74) is 3.74. The molecule has 0 radical (unpaired) electrons. The number of para-hydroxylation sites is 1. The molecule has 0 saturated carbocycles. The fourth-order valence-electron chi connectivity index (χ4n) is 4.47. The molecule has 4 rings (SSSR count). The van der Waals surface area contributed by atoms with E-state index >= 15 is 0 Å². The lowest BCUT2D eigenvalue weighted by molar-refractivity contribution is -0.128. The van der Waals surface area contributed by atoms with Gasteiger partial charge in [-0.1, -0.05) is 51.8 Å². The summed E-state index contributed by atoms with van der Waals surface area (Å²) in [6.07, 6.45) is 4.04. The third kappa shape index (κ3) is 2.64. The number of thiocarbonyl (C=S) groups is 1. The van der Waals surface area contributed by atoms with E-state index in [1.165, 1.54) is 16.6 Å². The summed E-state index contributed by atoms with van der Waals surface area (Å²) in [5, 5.41) is 1.98. The van der Waals surface area contributed by atoms with Crippen molar-refractivity contribution < 1.29 is 4.79 Å². The molecule has 2 atom stereocenters. The smallest absolute Gasteiger partial charge is 0.251 e. The molecule has 0 aliphatic carbocycles. The van der Waals surface area contributed by atoms with Crippen LogP contribution in [0.25, 0.3) is 10.9 Å². The number of aromatic amines is 1. The number of amides is 1. The average molecular weight is 370 g/mol. The molecule has 1 amide bonds. The molecule has 5 heteroatoms. The van der Waals surface area contributed by atoms with Crippen molar-refractivity contribution in [2.24, 2.45) is 5.92 Å². The van der Waals surface area contributed by atoms with Crippen molar-refractivity contribution in [3.05, 3.63) is 35.5 Å². The summed E-state index contributed by atoms with van der Waals surface area (Å²) < 4.78 is 0. The minimum Gasteiger partial charge on any atom is -0.356 e. The highest BCUT2D eigenvalue weighted by molar-refractivity contribution is 7.80. The van der Waals surface area contributed by atoms with Crippen LogP contribution in [0, 0.1) is 5.92 Å². The summed E-state index contributed by atoms with van der Waals surface area (Å²) in [5.74, 6) is 0.590. The Labute approximate surface area is 160 Å². The largest absolute Gasteiger partial charge is 0.356 e. The summed E-state index contributed by atoms with van der Waals surface area (Å²) in [4.78, 5) is 20.9. The minimum absolute atomic E-state index is 0.144. The molecule has 1 N–H and O–H groups in total. The molecule has 1 saturated heterocycles. The van der Waals surface area contributed by atoms with Gasteiger partial charge < -0.3 is 9.88 Å². The van der Waals surface area contributed by atoms with E-state index in [1.54, 1.807) is 0 Å². The molecule has 2 aliphatic heterocycles. The predicted octanol–water partition coefficient (Wildman–Crippen LogP) is 4.41. The van der Waals surface area contributed by atoms with Gasteiger partial charge in [-0.25, -0.2) is 0 Å². The van der Waals surface area contributed by atoms with Crippen LogP contribution in [-0.4, -0.2) is 38.4 Å². The third-order valence-electron chi connectivity index (χ3n) is 5.63. The van der Waals surface area contributed by atoms with E-state index in [0.29, 0.717) is 12.5 Å². The number of benzene rings is 1. The second kappa shape index (κ2) is 6.69. The Bertz CT molecular complexity index is 856. The first-order valence-corrected chi connectivity index (χ1v) is 10.2. The molecule has 3 heterocycles. The van der Waals surface area contributed by atoms with Gasteiger partial charge in [0.15, 0.2) is 5.11 Å². The first-order valence-electron chi connectivity index (χ1n) is 9.76. The average Bonchev–Trinajstić information content (AvgIpc) is 3.10. The lowest BCUT2D eigenvalue weighted by Gasteiger charge is -2.37. The van der Waals surface area contributed by atoms with E-state index in [0.717, 1.165) is 36.3 Å². The molecule has 2 aliphatic rings. The molecular weight excluding hydrogens is 342 g/mol. The van der Waals surface area contributed by atoms with Gasteiger partial charge in [0.1, 0.15) is 6.04 Å². The standard InChI is InChI=1S/C21H27N3OS/c1-4-5-10-17-19-15(14-8-6-7-9-16(14)22-19)11-18-20(25)23(12-13(2)3)21(26)24(17)18/h6-9,13,17-18,22H,4-5,10-12H2,1-3H3/t17-,18+/m1/s1. The molecular formula is C21H27N3OS. The van der Waals surface area contributed by atoms with Crippen LogP contribution in [0.5, 0.6) is 0 Å². The predicted molar refractivity (Wildman–Crippen MR) is 109 cm³/mol. The molecule has 4 nitrogen and oxygen atoms in total. The SMILES string of the molecule is CCCC[C@@H]1c2[nH]c3ccccc3c2C[C@H]2C(=O)N(CC(C)C)C(=S)N12. The highest BCUT2D eigenvalue weighted by Gasteiger charge is 2.49. The molecule has 138 valence electrons. The van der Waals surface area contributed by atoms with E-state index in [2.05, 4.69) is 54.9 Å². The maximum absolute atomic E-state index is 13.2. The number of carbonyl (C=O) groups excluding carboxylic acids is 1. The van der Waals surface area contributed by atoms with Gasteiger partial charge in [-0.3, -0.25) is 9.69 Å². The fraction of sp³-hybridized carbons (Fsp3) is 0.524. The zero-order chi connectivity index (χ0) is 18.4. The van der Waals surface area contributed by atoms with E-state index in [1.807, 2.05) is 4.90 Å². The molecule has 0 unspecified atom stereocenters. The van der Waals surface area contributed by atoms with Crippen molar-refractivity contribution in [2.75, 3.05) is 6.54 Å². The first kappa shape index (κ1) is 17.5. The Kier molecular flexibility index (Phi) is 4.51. The number of carbonyl (C=O) groups is 1. The number of nitrogens with one attached hydrogen (secondary N) is 1. The van der Waals surface area contributed by atoms with Crippen molar-refractivity contribution in [1.82, 2.24) is 14.8 Å². The molecule has 2 aromatic rings. The summed E-state index contributed by atoms with van der Waals surface area (Å²) in [6, 6.07) is 8.46. The number of hydrogen-bond acceptors (Lipinski definition) is 2. The lowest BCUT2D eigenvalue weighted by atomic mass is 9.90. The van der Waals surface area contributed by atoms with Crippen molar-refractivity contribution >= 4 is 34.1 Å². The van der Waals surface area contributed by atoms with Crippen molar-refractivity contribution in [3.8, 4) is 0 Å². The van der Waals surface area contributed by atoms with Gasteiger partial charge in [0, 0.05) is 29.6 Å². The van der Waals surface area contributed by atoms with E-state index in [-0.39, 0.29) is 18.0 Å². The zero-order valence-electron chi connectivity index (χ0n) is 15.8. The van der Waals surface area contributed by atoms with Crippen LogP contribution in [0.15, 0.2) is 24.3 Å². The van der Waals surface area contributed by atoms with Gasteiger partial charge in [-0.15, -0.1) is 0 Å². The van der Waals surface area contributed by atoms with Gasteiger partial charge in [0.05, 0.1) is 6.04 Å². The van der Waals surface area contributed by atoms with E-state index in [4.69, 9.17) is 12.2 Å². The first-order chi connectivity index (χ1) is 12.5. The van der Waals surface area contributed by atoms with E-state index in [9.17, 15) is 4.79 Å². The monoisotopic (exact) mass is 369 g/mol. The molecule has 0 bridgehead atoms. The van der Waals surface area contributed by atoms with Gasteiger partial charge in [-0.2, -0.15) is 0 Å². The third-order valence-corrected chi connectivity index (χ3v) is 6.06. The second-order valence-corrected chi connectivity index (χ2v) is 8.34. The molecule has 1 aromatic carbocycles. The van der Waals surface area contributed by atoms with Gasteiger partial charge in [0.25, 0.3) is 5.91 Å². The Morgan fingerprint density at radius 1 is 1.31 bits per heavy atom. The second-order valence-electron chi connectivity index (χ2n) is 7.97. The van der Waals surface area contributed by atoms with Crippen molar-refractivity contribution in [2.45, 2.75) is 58.5 Å². The van der Waals surface area contributed by atoms with Gasteiger partial charge >= 0.3 is 0 Å². The lowest BCUT2D eigenvalue weighted by Crippen LogP contribution is -2.43. The number of fused-ring (bicyclic) bond motifs is 4. The normalized spacial score (nSPS) is 22.5. The Balaban J connectivity index is 1.79. The maximum Gasteiger partial charge on any atom is 0.251 e. The number of aromatic nitrogens is 1.